The zero-order chi connectivity index (χ0) is 29.9. The maximum atomic E-state index is 14.0. The third kappa shape index (κ3) is 5.71. The first-order chi connectivity index (χ1) is 21.6. The van der Waals surface area contributed by atoms with Gasteiger partial charge < -0.3 is 20.0 Å². The predicted octanol–water partition coefficient (Wildman–Crippen LogP) is 6.45. The Kier molecular flexibility index (Phi) is 7.63. The molecular formula is C36H33FN6O. The first-order valence-electron chi connectivity index (χ1n) is 15.0. The van der Waals surface area contributed by atoms with Crippen molar-refractivity contribution in [2.24, 2.45) is 4.99 Å². The molecule has 2 aliphatic heterocycles. The Labute approximate surface area is 256 Å². The van der Waals surface area contributed by atoms with Crippen molar-refractivity contribution in [1.82, 2.24) is 15.2 Å². The lowest BCUT2D eigenvalue weighted by Crippen LogP contribution is -2.55. The van der Waals surface area contributed by atoms with Gasteiger partial charge in [0.1, 0.15) is 5.82 Å². The lowest BCUT2D eigenvalue weighted by molar-refractivity contribution is -0.121. The van der Waals surface area contributed by atoms with Crippen molar-refractivity contribution in [3.63, 3.8) is 0 Å². The van der Waals surface area contributed by atoms with Gasteiger partial charge in [0.25, 0.3) is 0 Å². The summed E-state index contributed by atoms with van der Waals surface area (Å²) in [6.07, 6.45) is 3.90. The van der Waals surface area contributed by atoms with Crippen LogP contribution in [0.3, 0.4) is 0 Å². The van der Waals surface area contributed by atoms with E-state index in [2.05, 4.69) is 37.1 Å². The molecule has 0 radical (unpaired) electrons. The first kappa shape index (κ1) is 27.6. The van der Waals surface area contributed by atoms with Crippen molar-refractivity contribution in [2.45, 2.75) is 19.0 Å². The van der Waals surface area contributed by atoms with E-state index in [1.165, 1.54) is 6.07 Å². The van der Waals surface area contributed by atoms with Gasteiger partial charge in [0.2, 0.25) is 11.9 Å². The lowest BCUT2D eigenvalue weighted by atomic mass is 9.96. The average Bonchev–Trinajstić information content (AvgIpc) is 3.08. The number of pyridine rings is 1. The molecule has 0 bridgehead atoms. The number of piperazine rings is 1. The quantitative estimate of drug-likeness (QED) is 0.249. The van der Waals surface area contributed by atoms with E-state index >= 15 is 0 Å². The number of benzene rings is 4. The Balaban J connectivity index is 1.24. The van der Waals surface area contributed by atoms with Gasteiger partial charge in [-0.05, 0) is 58.8 Å². The molecule has 0 spiro atoms. The van der Waals surface area contributed by atoms with Crippen LogP contribution in [-0.2, 0) is 11.3 Å². The average molecular weight is 585 g/mol. The third-order valence-corrected chi connectivity index (χ3v) is 8.41. The molecule has 1 N–H and O–H groups in total. The second kappa shape index (κ2) is 12.2. The number of guanidine groups is 1. The molecule has 8 heteroatoms. The van der Waals surface area contributed by atoms with E-state index in [-0.39, 0.29) is 24.2 Å². The molecule has 1 amide bonds. The maximum absolute atomic E-state index is 14.0. The molecule has 1 atom stereocenters. The minimum atomic E-state index is -0.286. The summed E-state index contributed by atoms with van der Waals surface area (Å²) in [5.41, 5.74) is 4.99. The third-order valence-electron chi connectivity index (χ3n) is 8.41. The summed E-state index contributed by atoms with van der Waals surface area (Å²) in [5.74, 6) is 0.519. The van der Waals surface area contributed by atoms with Gasteiger partial charge in [-0.2, -0.15) is 0 Å². The van der Waals surface area contributed by atoms with Gasteiger partial charge in [-0.1, -0.05) is 60.7 Å². The normalized spacial score (nSPS) is 16.4. The Morgan fingerprint density at radius 2 is 1.48 bits per heavy atom. The van der Waals surface area contributed by atoms with Crippen LogP contribution in [0.15, 0.2) is 121 Å². The molecule has 0 saturated carbocycles. The molecule has 1 unspecified atom stereocenters. The zero-order valence-electron chi connectivity index (χ0n) is 24.3. The fourth-order valence-electron chi connectivity index (χ4n) is 6.15. The molecule has 0 aliphatic carbocycles. The number of amides is 1. The number of aromatic nitrogens is 1. The molecule has 2 aliphatic rings. The molecule has 44 heavy (non-hydrogen) atoms. The van der Waals surface area contributed by atoms with Gasteiger partial charge in [-0.15, -0.1) is 0 Å². The van der Waals surface area contributed by atoms with Crippen molar-refractivity contribution in [3.05, 3.63) is 132 Å². The number of rotatable bonds is 6. The number of para-hydroxylation sites is 1. The summed E-state index contributed by atoms with van der Waals surface area (Å²) >= 11 is 0. The van der Waals surface area contributed by atoms with Gasteiger partial charge >= 0.3 is 0 Å². The van der Waals surface area contributed by atoms with Crippen LogP contribution in [0.5, 0.6) is 0 Å². The van der Waals surface area contributed by atoms with Crippen molar-refractivity contribution < 1.29 is 9.18 Å². The number of aliphatic imine (C=N–C) groups is 1. The molecule has 220 valence electrons. The van der Waals surface area contributed by atoms with Crippen LogP contribution in [0.4, 0.5) is 21.5 Å². The standard InChI is InChI=1S/C36H33FN6O/c37-29-12-10-28-23-31(13-11-27(28)22-29)43-34(24-35(44)39-25-26-6-2-1-3-7-26)32-8-4-5-9-33(32)40-36(43)42-20-18-41(19-21-42)30-14-16-38-17-15-30/h1-17,22-23,34H,18-21,24-25H2,(H,39,44). The van der Waals surface area contributed by atoms with Gasteiger partial charge in [-0.25, -0.2) is 9.38 Å². The Bertz CT molecular complexity index is 1800. The molecular weight excluding hydrogens is 551 g/mol. The zero-order valence-corrected chi connectivity index (χ0v) is 24.3. The largest absolute Gasteiger partial charge is 0.368 e. The van der Waals surface area contributed by atoms with Crippen LogP contribution in [0, 0.1) is 5.82 Å². The number of fused-ring (bicyclic) bond motifs is 2. The number of hydrogen-bond donors (Lipinski definition) is 1. The molecule has 1 fully saturated rings. The van der Waals surface area contributed by atoms with E-state index in [0.29, 0.717) is 6.54 Å². The number of nitrogens with zero attached hydrogens (tertiary/aromatic N) is 5. The number of hydrogen-bond acceptors (Lipinski definition) is 6. The smallest absolute Gasteiger partial charge is 0.222 e. The summed E-state index contributed by atoms with van der Waals surface area (Å²) in [5, 5.41) is 4.89. The van der Waals surface area contributed by atoms with E-state index in [1.54, 1.807) is 12.1 Å². The van der Waals surface area contributed by atoms with E-state index in [9.17, 15) is 9.18 Å². The summed E-state index contributed by atoms with van der Waals surface area (Å²) in [6.45, 7) is 3.67. The number of carbonyl (C=O) groups is 1. The topological polar surface area (TPSA) is 64.1 Å². The van der Waals surface area contributed by atoms with E-state index < -0.39 is 0 Å². The number of anilines is 2. The Morgan fingerprint density at radius 3 is 2.30 bits per heavy atom. The van der Waals surface area contributed by atoms with Crippen molar-refractivity contribution >= 4 is 39.7 Å². The van der Waals surface area contributed by atoms with Crippen molar-refractivity contribution in [1.29, 1.82) is 0 Å². The highest BCUT2D eigenvalue weighted by Crippen LogP contribution is 2.41. The van der Waals surface area contributed by atoms with E-state index in [1.807, 2.05) is 85.2 Å². The van der Waals surface area contributed by atoms with Crippen molar-refractivity contribution in [2.75, 3.05) is 36.0 Å². The second-order valence-corrected chi connectivity index (χ2v) is 11.2. The van der Waals surface area contributed by atoms with Crippen LogP contribution >= 0.6 is 0 Å². The molecule has 1 aromatic heterocycles. The first-order valence-corrected chi connectivity index (χ1v) is 15.0. The highest BCUT2D eigenvalue weighted by atomic mass is 19.1. The van der Waals surface area contributed by atoms with E-state index in [4.69, 9.17) is 4.99 Å². The van der Waals surface area contributed by atoms with Gasteiger partial charge in [0.15, 0.2) is 0 Å². The molecule has 3 heterocycles. The minimum Gasteiger partial charge on any atom is -0.368 e. The fraction of sp³-hybridized carbons (Fsp3) is 0.194. The summed E-state index contributed by atoms with van der Waals surface area (Å²) in [4.78, 5) is 29.8. The highest BCUT2D eigenvalue weighted by molar-refractivity contribution is 6.03. The SMILES string of the molecule is O=C(CC1c2ccccc2N=C(N2CCN(c3ccncc3)CC2)N1c1ccc2cc(F)ccc2c1)NCc1ccccc1. The van der Waals surface area contributed by atoms with Crippen LogP contribution in [0.1, 0.15) is 23.6 Å². The van der Waals surface area contributed by atoms with E-state index in [0.717, 1.165) is 71.1 Å². The van der Waals surface area contributed by atoms with Crippen molar-refractivity contribution in [3.8, 4) is 0 Å². The molecule has 7 rings (SSSR count). The maximum Gasteiger partial charge on any atom is 0.222 e. The van der Waals surface area contributed by atoms with Crippen LogP contribution in [0.25, 0.3) is 10.8 Å². The minimum absolute atomic E-state index is 0.0368. The number of nitrogens with one attached hydrogen (secondary N) is 1. The Morgan fingerprint density at radius 1 is 0.773 bits per heavy atom. The summed E-state index contributed by atoms with van der Waals surface area (Å²) in [7, 11) is 0. The van der Waals surface area contributed by atoms with Crippen LogP contribution < -0.4 is 15.1 Å². The van der Waals surface area contributed by atoms with Gasteiger partial charge in [0.05, 0.1) is 18.2 Å². The summed E-state index contributed by atoms with van der Waals surface area (Å²) < 4.78 is 14.0. The molecule has 5 aromatic rings. The Hall–Kier alpha value is -5.24. The highest BCUT2D eigenvalue weighted by Gasteiger charge is 2.36. The molecule has 1 saturated heterocycles. The summed E-state index contributed by atoms with van der Waals surface area (Å²) in [6, 6.07) is 32.7. The predicted molar refractivity (Wildman–Crippen MR) is 174 cm³/mol. The lowest BCUT2D eigenvalue weighted by Gasteiger charge is -2.45. The molecule has 4 aromatic carbocycles. The van der Waals surface area contributed by atoms with Crippen LogP contribution in [-0.4, -0.2) is 47.9 Å². The molecule has 7 nitrogen and oxygen atoms in total. The van der Waals surface area contributed by atoms with Crippen LogP contribution in [0.2, 0.25) is 0 Å². The number of halogens is 1. The van der Waals surface area contributed by atoms with Gasteiger partial charge in [-0.3, -0.25) is 9.78 Å². The van der Waals surface area contributed by atoms with Gasteiger partial charge in [0, 0.05) is 62.1 Å². The second-order valence-electron chi connectivity index (χ2n) is 11.2. The monoisotopic (exact) mass is 584 g/mol. The fourth-order valence-corrected chi connectivity index (χ4v) is 6.15. The number of carbonyl (C=O) groups excluding carboxylic acids is 1.